The van der Waals surface area contributed by atoms with Crippen LogP contribution in [0.4, 0.5) is 0 Å². The van der Waals surface area contributed by atoms with Crippen molar-refractivity contribution in [3.8, 4) is 17.8 Å². The van der Waals surface area contributed by atoms with Crippen molar-refractivity contribution in [3.05, 3.63) is 84.8 Å². The molecule has 0 saturated carbocycles. The molecule has 0 aliphatic rings. The van der Waals surface area contributed by atoms with E-state index in [1.165, 1.54) is 11.7 Å². The standard InChI is InChI=1S/C23H17N3O3S/c1-3-15-5-4-6-19(11-15)26-21(27)20(30-22(26)18(13-24)14-25)12-16-7-9-17(10-8-16)23(28)29-2/h4-12H,3H2,1-2H3/b20-12+. The zero-order valence-corrected chi connectivity index (χ0v) is 17.2. The number of methoxy groups -OCH3 is 1. The number of rotatable bonds is 4. The van der Waals surface area contributed by atoms with E-state index >= 15 is 0 Å². The molecule has 0 bridgehead atoms. The van der Waals surface area contributed by atoms with E-state index in [9.17, 15) is 20.1 Å². The molecule has 2 aromatic carbocycles. The Morgan fingerprint density at radius 1 is 1.17 bits per heavy atom. The Morgan fingerprint density at radius 2 is 1.87 bits per heavy atom. The van der Waals surface area contributed by atoms with Crippen LogP contribution in [0.15, 0.2) is 53.3 Å². The number of benzene rings is 2. The van der Waals surface area contributed by atoms with Gasteiger partial charge in [-0.25, -0.2) is 4.79 Å². The lowest BCUT2D eigenvalue weighted by Crippen LogP contribution is -2.30. The lowest BCUT2D eigenvalue weighted by molar-refractivity contribution is 0.0600. The maximum atomic E-state index is 13.2. The van der Waals surface area contributed by atoms with Gasteiger partial charge in [0.1, 0.15) is 16.8 Å². The summed E-state index contributed by atoms with van der Waals surface area (Å²) in [5.74, 6) is -0.444. The van der Waals surface area contributed by atoms with Crippen LogP contribution < -0.4 is 14.8 Å². The predicted octanol–water partition coefficient (Wildman–Crippen LogP) is 2.27. The molecule has 0 fully saturated rings. The molecule has 148 valence electrons. The number of nitriles is 2. The Hall–Kier alpha value is -3.94. The molecular formula is C23H17N3O3S. The van der Waals surface area contributed by atoms with Crippen LogP contribution in [0.3, 0.4) is 0 Å². The average molecular weight is 415 g/mol. The van der Waals surface area contributed by atoms with Crippen LogP contribution in [0.1, 0.15) is 28.4 Å². The molecule has 0 saturated heterocycles. The third-order valence-corrected chi connectivity index (χ3v) is 5.56. The topological polar surface area (TPSA) is 95.9 Å². The minimum absolute atomic E-state index is 0.125. The minimum Gasteiger partial charge on any atom is -0.465 e. The van der Waals surface area contributed by atoms with E-state index in [0.717, 1.165) is 23.3 Å². The molecule has 0 amide bonds. The first-order valence-corrected chi connectivity index (χ1v) is 9.89. The monoisotopic (exact) mass is 415 g/mol. The summed E-state index contributed by atoms with van der Waals surface area (Å²) >= 11 is 1.08. The molecule has 0 radical (unpaired) electrons. The number of carbonyl (C=O) groups excluding carboxylic acids is 1. The van der Waals surface area contributed by atoms with Crippen LogP contribution in [-0.2, 0) is 11.2 Å². The fourth-order valence-corrected chi connectivity index (χ4v) is 3.96. The van der Waals surface area contributed by atoms with Crippen molar-refractivity contribution in [2.24, 2.45) is 0 Å². The van der Waals surface area contributed by atoms with Gasteiger partial charge in [0.15, 0.2) is 5.57 Å². The highest BCUT2D eigenvalue weighted by molar-refractivity contribution is 7.07. The van der Waals surface area contributed by atoms with Crippen molar-refractivity contribution in [2.45, 2.75) is 13.3 Å². The third-order valence-electron chi connectivity index (χ3n) is 4.47. The number of hydrogen-bond donors (Lipinski definition) is 0. The van der Waals surface area contributed by atoms with Crippen LogP contribution >= 0.6 is 11.3 Å². The summed E-state index contributed by atoms with van der Waals surface area (Å²) in [5, 5.41) is 18.8. The van der Waals surface area contributed by atoms with Gasteiger partial charge < -0.3 is 4.74 Å². The van der Waals surface area contributed by atoms with Crippen molar-refractivity contribution in [2.75, 3.05) is 7.11 Å². The van der Waals surface area contributed by atoms with E-state index in [1.54, 1.807) is 36.4 Å². The molecule has 6 nitrogen and oxygen atoms in total. The fraction of sp³-hybridized carbons (Fsp3) is 0.130. The van der Waals surface area contributed by atoms with Crippen LogP contribution in [0.25, 0.3) is 17.3 Å². The Kier molecular flexibility index (Phi) is 6.26. The molecule has 0 spiro atoms. The number of esters is 1. The van der Waals surface area contributed by atoms with Crippen LogP contribution in [0.2, 0.25) is 0 Å². The predicted molar refractivity (Wildman–Crippen MR) is 115 cm³/mol. The van der Waals surface area contributed by atoms with Gasteiger partial charge in [-0.05, 0) is 47.9 Å². The van der Waals surface area contributed by atoms with Gasteiger partial charge >= 0.3 is 5.97 Å². The van der Waals surface area contributed by atoms with Crippen molar-refractivity contribution in [3.63, 3.8) is 0 Å². The molecule has 0 unspecified atom stereocenters. The molecule has 0 aliphatic heterocycles. The molecule has 0 aliphatic carbocycles. The van der Waals surface area contributed by atoms with Crippen molar-refractivity contribution in [1.29, 1.82) is 10.5 Å². The Morgan fingerprint density at radius 3 is 2.47 bits per heavy atom. The zero-order chi connectivity index (χ0) is 21.7. The summed E-state index contributed by atoms with van der Waals surface area (Å²) in [6, 6.07) is 17.8. The van der Waals surface area contributed by atoms with Gasteiger partial charge in [0, 0.05) is 0 Å². The van der Waals surface area contributed by atoms with E-state index in [4.69, 9.17) is 0 Å². The van der Waals surface area contributed by atoms with E-state index in [-0.39, 0.29) is 15.8 Å². The van der Waals surface area contributed by atoms with Gasteiger partial charge in [0.05, 0.1) is 22.9 Å². The van der Waals surface area contributed by atoms with Gasteiger partial charge in [-0.15, -0.1) is 11.3 Å². The second kappa shape index (κ2) is 9.04. The molecule has 1 aromatic heterocycles. The van der Waals surface area contributed by atoms with Crippen molar-refractivity contribution < 1.29 is 9.53 Å². The summed E-state index contributed by atoms with van der Waals surface area (Å²) in [4.78, 5) is 24.8. The van der Waals surface area contributed by atoms with Gasteiger partial charge in [0.25, 0.3) is 5.56 Å². The van der Waals surface area contributed by atoms with Crippen molar-refractivity contribution in [1.82, 2.24) is 4.57 Å². The number of ether oxygens (including phenoxy) is 1. The Labute approximate surface area is 176 Å². The fourth-order valence-electron chi connectivity index (χ4n) is 2.91. The molecule has 0 atom stereocenters. The number of nitrogens with zero attached hydrogens (tertiary/aromatic N) is 3. The van der Waals surface area contributed by atoms with E-state index in [1.807, 2.05) is 37.3 Å². The smallest absolute Gasteiger partial charge is 0.337 e. The van der Waals surface area contributed by atoms with Gasteiger partial charge in [-0.1, -0.05) is 31.2 Å². The highest BCUT2D eigenvalue weighted by atomic mass is 32.1. The second-order valence-electron chi connectivity index (χ2n) is 6.29. The minimum atomic E-state index is -0.444. The molecular weight excluding hydrogens is 398 g/mol. The lowest BCUT2D eigenvalue weighted by Gasteiger charge is -2.04. The van der Waals surface area contributed by atoms with Gasteiger partial charge in [0.2, 0.25) is 0 Å². The first kappa shape index (κ1) is 20.8. The molecule has 3 rings (SSSR count). The SMILES string of the molecule is CCc1cccc(-n2c(=C(C#N)C#N)s/c(=C/c3ccc(C(=O)OC)cc3)c2=O)c1. The zero-order valence-electron chi connectivity index (χ0n) is 16.4. The Bertz CT molecular complexity index is 1350. The van der Waals surface area contributed by atoms with E-state index in [2.05, 4.69) is 4.74 Å². The number of carbonyl (C=O) groups is 1. The average Bonchev–Trinajstić information content (AvgIpc) is 3.10. The molecule has 1 heterocycles. The summed E-state index contributed by atoms with van der Waals surface area (Å²) in [6.07, 6.45) is 2.46. The van der Waals surface area contributed by atoms with E-state index in [0.29, 0.717) is 21.3 Å². The number of aryl methyl sites for hydroxylation is 1. The van der Waals surface area contributed by atoms with Crippen LogP contribution in [0, 0.1) is 22.7 Å². The number of thiazole rings is 1. The quantitative estimate of drug-likeness (QED) is 0.609. The molecule has 0 N–H and O–H groups in total. The van der Waals surface area contributed by atoms with E-state index < -0.39 is 5.97 Å². The van der Waals surface area contributed by atoms with Crippen molar-refractivity contribution >= 4 is 29.0 Å². The summed E-state index contributed by atoms with van der Waals surface area (Å²) in [6.45, 7) is 2.01. The van der Waals surface area contributed by atoms with Gasteiger partial charge in [-0.2, -0.15) is 10.5 Å². The van der Waals surface area contributed by atoms with Crippen LogP contribution in [-0.4, -0.2) is 17.6 Å². The molecule has 30 heavy (non-hydrogen) atoms. The second-order valence-corrected chi connectivity index (χ2v) is 7.32. The number of hydrogen-bond acceptors (Lipinski definition) is 6. The highest BCUT2D eigenvalue weighted by Crippen LogP contribution is 2.09. The normalized spacial score (nSPS) is 10.9. The highest BCUT2D eigenvalue weighted by Gasteiger charge is 2.12. The first-order valence-electron chi connectivity index (χ1n) is 9.08. The molecule has 7 heteroatoms. The first-order chi connectivity index (χ1) is 14.5. The van der Waals surface area contributed by atoms with Crippen LogP contribution in [0.5, 0.6) is 0 Å². The maximum Gasteiger partial charge on any atom is 0.337 e. The number of aromatic nitrogens is 1. The Balaban J connectivity index is 2.26. The summed E-state index contributed by atoms with van der Waals surface area (Å²) in [7, 11) is 1.31. The summed E-state index contributed by atoms with van der Waals surface area (Å²) < 4.78 is 6.75. The lowest BCUT2D eigenvalue weighted by atomic mass is 10.1. The summed E-state index contributed by atoms with van der Waals surface area (Å²) in [5.41, 5.74) is 2.31. The molecule has 3 aromatic rings. The largest absolute Gasteiger partial charge is 0.465 e. The van der Waals surface area contributed by atoms with Gasteiger partial charge in [-0.3, -0.25) is 9.36 Å². The maximum absolute atomic E-state index is 13.2. The third kappa shape index (κ3) is 4.07.